The number of rotatable bonds is 9. The van der Waals surface area contributed by atoms with Crippen LogP contribution in [0.25, 0.3) is 5.76 Å². The van der Waals surface area contributed by atoms with Crippen LogP contribution in [0.4, 0.5) is 5.69 Å². The molecule has 1 atom stereocenters. The number of anilines is 1. The van der Waals surface area contributed by atoms with Gasteiger partial charge in [-0.3, -0.25) is 19.3 Å². The molecule has 8 nitrogen and oxygen atoms in total. The summed E-state index contributed by atoms with van der Waals surface area (Å²) in [5.41, 5.74) is 2.06. The first-order valence-corrected chi connectivity index (χ1v) is 12.6. The van der Waals surface area contributed by atoms with Crippen molar-refractivity contribution in [3.8, 4) is 11.5 Å². The van der Waals surface area contributed by atoms with E-state index >= 15 is 0 Å². The average Bonchev–Trinajstić information content (AvgIpc) is 3.22. The fourth-order valence-electron chi connectivity index (χ4n) is 4.37. The number of amides is 1. The first-order chi connectivity index (χ1) is 18.7. The molecule has 1 aliphatic rings. The fourth-order valence-corrected chi connectivity index (χ4v) is 4.37. The third-order valence-corrected chi connectivity index (χ3v) is 6.36. The van der Waals surface area contributed by atoms with Crippen LogP contribution in [0.5, 0.6) is 11.5 Å². The second-order valence-corrected chi connectivity index (χ2v) is 9.59. The highest BCUT2D eigenvalue weighted by Crippen LogP contribution is 2.43. The summed E-state index contributed by atoms with van der Waals surface area (Å²) in [6.07, 6.45) is 0.0752. The van der Waals surface area contributed by atoms with Crippen molar-refractivity contribution in [2.75, 3.05) is 25.7 Å². The van der Waals surface area contributed by atoms with Crippen LogP contribution in [0.3, 0.4) is 0 Å². The molecule has 8 heteroatoms. The van der Waals surface area contributed by atoms with E-state index in [-0.39, 0.29) is 23.7 Å². The van der Waals surface area contributed by atoms with Crippen molar-refractivity contribution in [1.82, 2.24) is 0 Å². The second-order valence-electron chi connectivity index (χ2n) is 9.59. The van der Waals surface area contributed by atoms with E-state index in [2.05, 4.69) is 0 Å². The van der Waals surface area contributed by atoms with Crippen LogP contribution < -0.4 is 14.4 Å². The summed E-state index contributed by atoms with van der Waals surface area (Å²) >= 11 is 0. The van der Waals surface area contributed by atoms with Crippen molar-refractivity contribution < 1.29 is 33.7 Å². The minimum absolute atomic E-state index is 0.0391. The monoisotopic (exact) mass is 529 g/mol. The largest absolute Gasteiger partial charge is 0.507 e. The number of aliphatic hydroxyl groups excluding tert-OH is 1. The molecule has 3 aromatic carbocycles. The number of ether oxygens (including phenoxy) is 3. The SMILES string of the molecule is COC(=O)Cc1ccc(N2C(=O)C(=O)/C(=C(\O)c3ccc(OCC(C)C)cc3)C2c2cccc(OC)c2)cc1. The third-order valence-electron chi connectivity index (χ3n) is 6.36. The van der Waals surface area contributed by atoms with Crippen molar-refractivity contribution in [1.29, 1.82) is 0 Å². The van der Waals surface area contributed by atoms with E-state index in [0.29, 0.717) is 46.4 Å². The summed E-state index contributed by atoms with van der Waals surface area (Å²) in [6.45, 7) is 4.64. The van der Waals surface area contributed by atoms with Crippen LogP contribution in [-0.2, 0) is 25.5 Å². The van der Waals surface area contributed by atoms with Gasteiger partial charge >= 0.3 is 5.97 Å². The third kappa shape index (κ3) is 5.95. The molecule has 202 valence electrons. The summed E-state index contributed by atoms with van der Waals surface area (Å²) in [5.74, 6) is -0.732. The standard InChI is InChI=1S/C31H31NO7/c1-19(2)18-39-24-14-10-21(11-15-24)29(34)27-28(22-6-5-7-25(17-22)37-3)32(31(36)30(27)35)23-12-8-20(9-13-23)16-26(33)38-4/h5-15,17,19,28,34H,16,18H2,1-4H3/b29-27-. The first-order valence-electron chi connectivity index (χ1n) is 12.6. The fraction of sp³-hybridized carbons (Fsp3) is 0.258. The molecule has 1 amide bonds. The van der Waals surface area contributed by atoms with E-state index in [9.17, 15) is 19.5 Å². The number of ketones is 1. The summed E-state index contributed by atoms with van der Waals surface area (Å²) in [6, 6.07) is 19.6. The Hall–Kier alpha value is -4.59. The maximum Gasteiger partial charge on any atom is 0.309 e. The molecule has 0 saturated carbocycles. The molecule has 1 heterocycles. The molecule has 1 aliphatic heterocycles. The van der Waals surface area contributed by atoms with E-state index in [0.717, 1.165) is 0 Å². The van der Waals surface area contributed by atoms with Crippen molar-refractivity contribution in [3.05, 3.63) is 95.1 Å². The number of aliphatic hydroxyl groups is 1. The quantitative estimate of drug-likeness (QED) is 0.179. The molecule has 0 bridgehead atoms. The van der Waals surface area contributed by atoms with Gasteiger partial charge in [-0.15, -0.1) is 0 Å². The molecule has 1 saturated heterocycles. The van der Waals surface area contributed by atoms with Gasteiger partial charge < -0.3 is 19.3 Å². The molecule has 0 aliphatic carbocycles. The van der Waals surface area contributed by atoms with E-state index in [1.807, 2.05) is 13.8 Å². The van der Waals surface area contributed by atoms with Gasteiger partial charge in [0.05, 0.1) is 38.9 Å². The zero-order valence-corrected chi connectivity index (χ0v) is 22.3. The van der Waals surface area contributed by atoms with Gasteiger partial charge in [0.15, 0.2) is 0 Å². The van der Waals surface area contributed by atoms with E-state index in [1.54, 1.807) is 72.8 Å². The average molecular weight is 530 g/mol. The van der Waals surface area contributed by atoms with Crippen LogP contribution >= 0.6 is 0 Å². The lowest BCUT2D eigenvalue weighted by molar-refractivity contribution is -0.139. The molecule has 1 N–H and O–H groups in total. The molecular formula is C31H31NO7. The highest BCUT2D eigenvalue weighted by molar-refractivity contribution is 6.51. The lowest BCUT2D eigenvalue weighted by Crippen LogP contribution is -2.29. The Morgan fingerprint density at radius 3 is 2.26 bits per heavy atom. The lowest BCUT2D eigenvalue weighted by Gasteiger charge is -2.26. The maximum atomic E-state index is 13.4. The van der Waals surface area contributed by atoms with Gasteiger partial charge in [-0.2, -0.15) is 0 Å². The van der Waals surface area contributed by atoms with Crippen molar-refractivity contribution in [2.45, 2.75) is 26.3 Å². The van der Waals surface area contributed by atoms with E-state index in [4.69, 9.17) is 14.2 Å². The Morgan fingerprint density at radius 2 is 1.64 bits per heavy atom. The number of methoxy groups -OCH3 is 2. The number of Topliss-reactive ketones (excluding diaryl/α,β-unsaturated/α-hetero) is 1. The van der Waals surface area contributed by atoms with Gasteiger partial charge in [-0.1, -0.05) is 38.1 Å². The highest BCUT2D eigenvalue weighted by Gasteiger charge is 2.47. The normalized spacial score (nSPS) is 16.4. The Bertz CT molecular complexity index is 1390. The van der Waals surface area contributed by atoms with Gasteiger partial charge in [0, 0.05) is 11.3 Å². The van der Waals surface area contributed by atoms with Crippen LogP contribution in [-0.4, -0.2) is 43.6 Å². The van der Waals surface area contributed by atoms with Gasteiger partial charge in [-0.25, -0.2) is 0 Å². The van der Waals surface area contributed by atoms with Gasteiger partial charge in [-0.05, 0) is 65.6 Å². The number of nitrogens with zero attached hydrogens (tertiary/aromatic N) is 1. The lowest BCUT2D eigenvalue weighted by atomic mass is 9.95. The summed E-state index contributed by atoms with van der Waals surface area (Å²) in [7, 11) is 2.84. The van der Waals surface area contributed by atoms with Gasteiger partial charge in [0.1, 0.15) is 17.3 Å². The van der Waals surface area contributed by atoms with Crippen LogP contribution in [0.1, 0.15) is 36.6 Å². The molecule has 0 aromatic heterocycles. The Balaban J connectivity index is 1.79. The minimum atomic E-state index is -0.913. The van der Waals surface area contributed by atoms with E-state index < -0.39 is 17.7 Å². The molecule has 1 fully saturated rings. The van der Waals surface area contributed by atoms with Crippen LogP contribution in [0.15, 0.2) is 78.4 Å². The molecule has 1 unspecified atom stereocenters. The Kier molecular flexibility index (Phi) is 8.34. The van der Waals surface area contributed by atoms with Gasteiger partial charge in [0.2, 0.25) is 0 Å². The van der Waals surface area contributed by atoms with Crippen molar-refractivity contribution >= 4 is 29.1 Å². The number of carbonyl (C=O) groups is 3. The Morgan fingerprint density at radius 1 is 0.949 bits per heavy atom. The second kappa shape index (κ2) is 11.9. The molecule has 0 radical (unpaired) electrons. The maximum absolute atomic E-state index is 13.4. The summed E-state index contributed by atoms with van der Waals surface area (Å²) in [5, 5.41) is 11.4. The highest BCUT2D eigenvalue weighted by atomic mass is 16.5. The minimum Gasteiger partial charge on any atom is -0.507 e. The molecule has 3 aromatic rings. The zero-order chi connectivity index (χ0) is 28.1. The number of esters is 1. The van der Waals surface area contributed by atoms with E-state index in [1.165, 1.54) is 19.1 Å². The van der Waals surface area contributed by atoms with Crippen LogP contribution in [0.2, 0.25) is 0 Å². The Labute approximate surface area is 227 Å². The molecule has 39 heavy (non-hydrogen) atoms. The summed E-state index contributed by atoms with van der Waals surface area (Å²) < 4.78 is 15.8. The number of hydrogen-bond acceptors (Lipinski definition) is 7. The number of hydrogen-bond donors (Lipinski definition) is 1. The topological polar surface area (TPSA) is 102 Å². The van der Waals surface area contributed by atoms with Crippen molar-refractivity contribution in [3.63, 3.8) is 0 Å². The first kappa shape index (κ1) is 27.4. The molecule has 0 spiro atoms. The molecular weight excluding hydrogens is 498 g/mol. The van der Waals surface area contributed by atoms with Crippen LogP contribution in [0, 0.1) is 5.92 Å². The predicted molar refractivity (Wildman–Crippen MR) is 147 cm³/mol. The van der Waals surface area contributed by atoms with Crippen molar-refractivity contribution in [2.24, 2.45) is 5.92 Å². The summed E-state index contributed by atoms with van der Waals surface area (Å²) in [4.78, 5) is 39.8. The predicted octanol–water partition coefficient (Wildman–Crippen LogP) is 5.07. The number of benzene rings is 3. The van der Waals surface area contributed by atoms with Gasteiger partial charge in [0.25, 0.3) is 11.7 Å². The number of carbonyl (C=O) groups excluding carboxylic acids is 3. The zero-order valence-electron chi connectivity index (χ0n) is 22.3. The smallest absolute Gasteiger partial charge is 0.309 e. The molecule has 4 rings (SSSR count).